The number of rotatable bonds is 3. The third-order valence-corrected chi connectivity index (χ3v) is 5.69. The van der Waals surface area contributed by atoms with Crippen molar-refractivity contribution >= 4 is 10.0 Å². The first-order chi connectivity index (χ1) is 8.48. The summed E-state index contributed by atoms with van der Waals surface area (Å²) in [5.74, 6) is 0. The predicted octanol–water partition coefficient (Wildman–Crippen LogP) is 0.820. The maximum Gasteiger partial charge on any atom is 0.260 e. The van der Waals surface area contributed by atoms with Gasteiger partial charge < -0.3 is 5.73 Å². The number of sulfonamides is 1. The molecule has 1 saturated heterocycles. The molecule has 1 aliphatic heterocycles. The molecular formula is C11H20N4O2S. The molecule has 3 N–H and O–H groups in total. The van der Waals surface area contributed by atoms with Crippen LogP contribution in [0.25, 0.3) is 0 Å². The summed E-state index contributed by atoms with van der Waals surface area (Å²) in [7, 11) is -3.52. The highest BCUT2D eigenvalue weighted by Gasteiger charge is 2.37. The minimum absolute atomic E-state index is 0.0210. The lowest BCUT2D eigenvalue weighted by Crippen LogP contribution is -2.47. The van der Waals surface area contributed by atoms with Gasteiger partial charge in [0.05, 0.1) is 6.20 Å². The van der Waals surface area contributed by atoms with E-state index in [1.807, 2.05) is 13.8 Å². The fourth-order valence-electron chi connectivity index (χ4n) is 2.64. The van der Waals surface area contributed by atoms with Gasteiger partial charge in [0.25, 0.3) is 10.0 Å². The molecule has 0 saturated carbocycles. The number of nitrogens with one attached hydrogen (secondary N) is 1. The fourth-order valence-corrected chi connectivity index (χ4v) is 4.65. The molecule has 6 nitrogen and oxygen atoms in total. The molecule has 1 aromatic heterocycles. The second-order valence-corrected chi connectivity index (χ2v) is 6.67. The molecule has 2 unspecified atom stereocenters. The average molecular weight is 272 g/mol. The van der Waals surface area contributed by atoms with Crippen molar-refractivity contribution in [3.8, 4) is 0 Å². The first kappa shape index (κ1) is 13.5. The lowest BCUT2D eigenvalue weighted by atomic mass is 10.0. The largest absolute Gasteiger partial charge is 0.326 e. The van der Waals surface area contributed by atoms with Gasteiger partial charge >= 0.3 is 0 Å². The fraction of sp³-hybridized carbons (Fsp3) is 0.727. The number of nitrogens with two attached hydrogens (primary N) is 1. The van der Waals surface area contributed by atoms with Crippen LogP contribution < -0.4 is 5.73 Å². The first-order valence-corrected chi connectivity index (χ1v) is 7.68. The Morgan fingerprint density at radius 2 is 2.06 bits per heavy atom. The zero-order valence-electron chi connectivity index (χ0n) is 10.8. The second-order valence-electron chi connectivity index (χ2n) is 4.89. The van der Waals surface area contributed by atoms with Crippen LogP contribution in [0.3, 0.4) is 0 Å². The zero-order valence-corrected chi connectivity index (χ0v) is 11.6. The van der Waals surface area contributed by atoms with E-state index in [4.69, 9.17) is 5.73 Å². The van der Waals surface area contributed by atoms with Crippen LogP contribution in [0.2, 0.25) is 0 Å². The molecule has 0 radical (unpaired) electrons. The average Bonchev–Trinajstić information content (AvgIpc) is 2.77. The molecule has 2 rings (SSSR count). The third kappa shape index (κ3) is 2.17. The van der Waals surface area contributed by atoms with Crippen molar-refractivity contribution in [1.82, 2.24) is 14.5 Å². The molecule has 2 atom stereocenters. The minimum Gasteiger partial charge on any atom is -0.326 e. The predicted molar refractivity (Wildman–Crippen MR) is 68.3 cm³/mol. The topological polar surface area (TPSA) is 92.1 Å². The molecule has 7 heteroatoms. The number of aromatic nitrogens is 2. The van der Waals surface area contributed by atoms with Gasteiger partial charge in [0.2, 0.25) is 0 Å². The van der Waals surface area contributed by atoms with Gasteiger partial charge in [0.15, 0.2) is 5.03 Å². The molecule has 1 aliphatic rings. The summed E-state index contributed by atoms with van der Waals surface area (Å²) in [6.45, 7) is 4.07. The van der Waals surface area contributed by atoms with Crippen LogP contribution in [0.4, 0.5) is 0 Å². The molecule has 0 amide bonds. The second kappa shape index (κ2) is 4.99. The summed E-state index contributed by atoms with van der Waals surface area (Å²) in [6, 6.07) is 0.0420. The van der Waals surface area contributed by atoms with Crippen molar-refractivity contribution in [3.63, 3.8) is 0 Å². The van der Waals surface area contributed by atoms with Crippen LogP contribution in [0.15, 0.2) is 11.2 Å². The SMILES string of the molecule is CC1CCCC(C)N1S(=O)(=O)c1[nH]ncc1CN. The van der Waals surface area contributed by atoms with Gasteiger partial charge in [0, 0.05) is 24.2 Å². The Bertz CT molecular complexity index is 501. The van der Waals surface area contributed by atoms with Crippen LogP contribution in [-0.4, -0.2) is 35.0 Å². The van der Waals surface area contributed by atoms with Crippen LogP contribution >= 0.6 is 0 Å². The number of nitrogens with zero attached hydrogens (tertiary/aromatic N) is 2. The van der Waals surface area contributed by atoms with Gasteiger partial charge in [-0.2, -0.15) is 9.40 Å². The number of piperidine rings is 1. The highest BCUT2D eigenvalue weighted by Crippen LogP contribution is 2.29. The zero-order chi connectivity index (χ0) is 13.3. The Morgan fingerprint density at radius 3 is 2.61 bits per heavy atom. The van der Waals surface area contributed by atoms with E-state index in [2.05, 4.69) is 10.2 Å². The summed E-state index contributed by atoms with van der Waals surface area (Å²) in [5, 5.41) is 6.51. The lowest BCUT2D eigenvalue weighted by Gasteiger charge is -2.37. The van der Waals surface area contributed by atoms with Gasteiger partial charge in [-0.25, -0.2) is 8.42 Å². The van der Waals surface area contributed by atoms with Gasteiger partial charge in [-0.1, -0.05) is 6.42 Å². The van der Waals surface area contributed by atoms with Crippen molar-refractivity contribution in [2.75, 3.05) is 0 Å². The van der Waals surface area contributed by atoms with E-state index in [-0.39, 0.29) is 23.7 Å². The molecule has 2 heterocycles. The Hall–Kier alpha value is -0.920. The van der Waals surface area contributed by atoms with Crippen LogP contribution in [0.1, 0.15) is 38.7 Å². The number of aromatic amines is 1. The highest BCUT2D eigenvalue weighted by molar-refractivity contribution is 7.89. The van der Waals surface area contributed by atoms with Crippen LogP contribution in [-0.2, 0) is 16.6 Å². The van der Waals surface area contributed by atoms with Gasteiger partial charge in [-0.15, -0.1) is 0 Å². The Kier molecular flexibility index (Phi) is 3.74. The molecule has 1 aromatic rings. The van der Waals surface area contributed by atoms with E-state index in [0.717, 1.165) is 19.3 Å². The van der Waals surface area contributed by atoms with E-state index in [0.29, 0.717) is 5.56 Å². The maximum atomic E-state index is 12.6. The molecule has 1 fully saturated rings. The summed E-state index contributed by atoms with van der Waals surface area (Å²) < 4.78 is 26.9. The molecule has 102 valence electrons. The number of hydrogen-bond donors (Lipinski definition) is 2. The summed E-state index contributed by atoms with van der Waals surface area (Å²) in [6.07, 6.45) is 4.35. The standard InChI is InChI=1S/C11H20N4O2S/c1-8-4-3-5-9(2)15(8)18(16,17)11-10(6-12)7-13-14-11/h7-9H,3-6,12H2,1-2H3,(H,13,14). The minimum atomic E-state index is -3.52. The summed E-state index contributed by atoms with van der Waals surface area (Å²) >= 11 is 0. The summed E-state index contributed by atoms with van der Waals surface area (Å²) in [4.78, 5) is 0. The van der Waals surface area contributed by atoms with Crippen molar-refractivity contribution in [2.45, 2.75) is 56.8 Å². The molecule has 18 heavy (non-hydrogen) atoms. The van der Waals surface area contributed by atoms with Crippen molar-refractivity contribution in [3.05, 3.63) is 11.8 Å². The maximum absolute atomic E-state index is 12.6. The molecular weight excluding hydrogens is 252 g/mol. The van der Waals surface area contributed by atoms with E-state index in [1.165, 1.54) is 6.20 Å². The Morgan fingerprint density at radius 1 is 1.44 bits per heavy atom. The van der Waals surface area contributed by atoms with E-state index in [9.17, 15) is 8.42 Å². The van der Waals surface area contributed by atoms with Crippen molar-refractivity contribution in [2.24, 2.45) is 5.73 Å². The Balaban J connectivity index is 2.41. The normalized spacial score (nSPS) is 26.4. The highest BCUT2D eigenvalue weighted by atomic mass is 32.2. The first-order valence-electron chi connectivity index (χ1n) is 6.24. The van der Waals surface area contributed by atoms with Crippen molar-refractivity contribution < 1.29 is 8.42 Å². The third-order valence-electron chi connectivity index (χ3n) is 3.55. The molecule has 0 bridgehead atoms. The van der Waals surface area contributed by atoms with Gasteiger partial charge in [-0.3, -0.25) is 5.10 Å². The summed E-state index contributed by atoms with van der Waals surface area (Å²) in [5.41, 5.74) is 6.09. The smallest absolute Gasteiger partial charge is 0.260 e. The van der Waals surface area contributed by atoms with E-state index in [1.54, 1.807) is 4.31 Å². The van der Waals surface area contributed by atoms with Gasteiger partial charge in [-0.05, 0) is 26.7 Å². The quantitative estimate of drug-likeness (QED) is 0.852. The lowest BCUT2D eigenvalue weighted by molar-refractivity contribution is 0.203. The molecule has 0 aliphatic carbocycles. The van der Waals surface area contributed by atoms with E-state index < -0.39 is 10.0 Å². The van der Waals surface area contributed by atoms with E-state index >= 15 is 0 Å². The molecule has 0 spiro atoms. The van der Waals surface area contributed by atoms with Crippen molar-refractivity contribution in [1.29, 1.82) is 0 Å². The Labute approximate surface area is 108 Å². The van der Waals surface area contributed by atoms with Gasteiger partial charge in [0.1, 0.15) is 0 Å². The monoisotopic (exact) mass is 272 g/mol. The number of H-pyrrole nitrogens is 1. The molecule has 0 aromatic carbocycles. The van der Waals surface area contributed by atoms with Crippen LogP contribution in [0, 0.1) is 0 Å². The van der Waals surface area contributed by atoms with Crippen LogP contribution in [0.5, 0.6) is 0 Å². The number of hydrogen-bond acceptors (Lipinski definition) is 4.